The van der Waals surface area contributed by atoms with Crippen molar-refractivity contribution in [1.29, 1.82) is 0 Å². The van der Waals surface area contributed by atoms with Crippen LogP contribution in [0.25, 0.3) is 0 Å². The molecule has 1 saturated carbocycles. The van der Waals surface area contributed by atoms with Crippen molar-refractivity contribution < 1.29 is 14.3 Å². The first-order valence-corrected chi connectivity index (χ1v) is 11.6. The third-order valence-electron chi connectivity index (χ3n) is 5.68. The molecule has 1 N–H and O–H groups in total. The number of unbranched alkanes of at least 4 members (excludes halogenated alkanes) is 12. The Morgan fingerprint density at radius 2 is 1.33 bits per heavy atom. The highest BCUT2D eigenvalue weighted by Crippen LogP contribution is 2.26. The van der Waals surface area contributed by atoms with Crippen LogP contribution in [0, 0.1) is 5.92 Å². The van der Waals surface area contributed by atoms with Gasteiger partial charge in [0.15, 0.2) is 0 Å². The first kappa shape index (κ1) is 24.0. The molecule has 0 bridgehead atoms. The van der Waals surface area contributed by atoms with Crippen LogP contribution >= 0.6 is 0 Å². The number of nitrogens with one attached hydrogen (secondary N) is 1. The molecule has 4 nitrogen and oxygen atoms in total. The van der Waals surface area contributed by atoms with Crippen molar-refractivity contribution in [3.05, 3.63) is 0 Å². The van der Waals surface area contributed by atoms with Gasteiger partial charge in [0.05, 0.1) is 6.61 Å². The van der Waals surface area contributed by atoms with Crippen molar-refractivity contribution in [3.8, 4) is 0 Å². The highest BCUT2D eigenvalue weighted by molar-refractivity contribution is 5.85. The number of rotatable bonds is 17. The Hall–Kier alpha value is -1.06. The van der Waals surface area contributed by atoms with Crippen LogP contribution in [0.5, 0.6) is 0 Å². The molecule has 0 saturated heterocycles. The van der Waals surface area contributed by atoms with E-state index >= 15 is 0 Å². The standard InChI is InChI=1S/C23H43NO3/c1-3-4-5-6-7-8-9-10-11-12-13-14-15-19-27-23(26)20(2)24-22(25)21-17-16-18-21/h20-21H,3-19H2,1-2H3,(H,24,25). The van der Waals surface area contributed by atoms with E-state index in [0.29, 0.717) is 6.61 Å². The Labute approximate surface area is 167 Å². The van der Waals surface area contributed by atoms with E-state index in [1.165, 1.54) is 70.6 Å². The number of carbonyl (C=O) groups is 2. The zero-order valence-electron chi connectivity index (χ0n) is 17.9. The van der Waals surface area contributed by atoms with Crippen LogP contribution < -0.4 is 5.32 Å². The van der Waals surface area contributed by atoms with Crippen LogP contribution in [-0.2, 0) is 14.3 Å². The van der Waals surface area contributed by atoms with Gasteiger partial charge < -0.3 is 10.1 Å². The zero-order chi connectivity index (χ0) is 19.7. The van der Waals surface area contributed by atoms with E-state index in [-0.39, 0.29) is 17.8 Å². The Balaban J connectivity index is 1.82. The van der Waals surface area contributed by atoms with E-state index in [9.17, 15) is 9.59 Å². The molecule has 1 atom stereocenters. The van der Waals surface area contributed by atoms with E-state index in [1.807, 2.05) is 0 Å². The molecule has 0 spiro atoms. The Morgan fingerprint density at radius 3 is 1.78 bits per heavy atom. The van der Waals surface area contributed by atoms with Crippen molar-refractivity contribution in [1.82, 2.24) is 5.32 Å². The first-order valence-electron chi connectivity index (χ1n) is 11.6. The highest BCUT2D eigenvalue weighted by Gasteiger charge is 2.27. The summed E-state index contributed by atoms with van der Waals surface area (Å²) in [6.07, 6.45) is 20.0. The van der Waals surface area contributed by atoms with Gasteiger partial charge in [-0.15, -0.1) is 0 Å². The van der Waals surface area contributed by atoms with E-state index in [0.717, 1.165) is 32.1 Å². The summed E-state index contributed by atoms with van der Waals surface area (Å²) in [5.74, 6) is -0.186. The smallest absolute Gasteiger partial charge is 0.328 e. The second-order valence-corrected chi connectivity index (χ2v) is 8.27. The van der Waals surface area contributed by atoms with E-state index in [4.69, 9.17) is 4.74 Å². The van der Waals surface area contributed by atoms with Gasteiger partial charge in [0.1, 0.15) is 6.04 Å². The average Bonchev–Trinajstić information content (AvgIpc) is 2.60. The molecule has 1 aliphatic carbocycles. The van der Waals surface area contributed by atoms with Gasteiger partial charge in [0.25, 0.3) is 0 Å². The maximum Gasteiger partial charge on any atom is 0.328 e. The molecule has 4 heteroatoms. The topological polar surface area (TPSA) is 55.4 Å². The van der Waals surface area contributed by atoms with Crippen molar-refractivity contribution in [3.63, 3.8) is 0 Å². The monoisotopic (exact) mass is 381 g/mol. The van der Waals surface area contributed by atoms with Crippen LogP contribution in [0.4, 0.5) is 0 Å². The summed E-state index contributed by atoms with van der Waals surface area (Å²) in [4.78, 5) is 23.7. The Bertz CT molecular complexity index is 393. The number of hydrogen-bond donors (Lipinski definition) is 1. The molecule has 0 heterocycles. The van der Waals surface area contributed by atoms with Crippen LogP contribution in [0.15, 0.2) is 0 Å². The lowest BCUT2D eigenvalue weighted by atomic mass is 9.84. The van der Waals surface area contributed by atoms with Gasteiger partial charge in [0, 0.05) is 5.92 Å². The van der Waals surface area contributed by atoms with Gasteiger partial charge in [-0.25, -0.2) is 4.79 Å². The van der Waals surface area contributed by atoms with E-state index in [1.54, 1.807) is 6.92 Å². The fraction of sp³-hybridized carbons (Fsp3) is 0.913. The minimum absolute atomic E-state index is 0.00617. The summed E-state index contributed by atoms with van der Waals surface area (Å²) in [6, 6.07) is -0.528. The van der Waals surface area contributed by atoms with Gasteiger partial charge in [-0.2, -0.15) is 0 Å². The molecule has 1 amide bonds. The van der Waals surface area contributed by atoms with E-state index in [2.05, 4.69) is 12.2 Å². The lowest BCUT2D eigenvalue weighted by Gasteiger charge is -2.25. The zero-order valence-corrected chi connectivity index (χ0v) is 17.9. The molecule has 1 fully saturated rings. The molecule has 158 valence electrons. The molecule has 1 rings (SSSR count). The first-order chi connectivity index (χ1) is 13.1. The van der Waals surface area contributed by atoms with Crippen molar-refractivity contribution in [2.24, 2.45) is 5.92 Å². The number of amides is 1. The minimum Gasteiger partial charge on any atom is -0.464 e. The van der Waals surface area contributed by atoms with Crippen molar-refractivity contribution in [2.75, 3.05) is 6.61 Å². The second-order valence-electron chi connectivity index (χ2n) is 8.27. The van der Waals surface area contributed by atoms with Gasteiger partial charge in [-0.3, -0.25) is 4.79 Å². The lowest BCUT2D eigenvalue weighted by molar-refractivity contribution is -0.148. The number of hydrogen-bond acceptors (Lipinski definition) is 3. The molecule has 0 aromatic carbocycles. The Morgan fingerprint density at radius 1 is 0.852 bits per heavy atom. The summed E-state index contributed by atoms with van der Waals surface area (Å²) in [5.41, 5.74) is 0. The predicted octanol–water partition coefficient (Wildman–Crippen LogP) is 5.93. The molecule has 1 unspecified atom stereocenters. The highest BCUT2D eigenvalue weighted by atomic mass is 16.5. The lowest BCUT2D eigenvalue weighted by Crippen LogP contribution is -2.44. The molecular weight excluding hydrogens is 338 g/mol. The summed E-state index contributed by atoms with van der Waals surface area (Å²) >= 11 is 0. The summed E-state index contributed by atoms with van der Waals surface area (Å²) in [6.45, 7) is 4.45. The van der Waals surface area contributed by atoms with Crippen molar-refractivity contribution >= 4 is 11.9 Å². The largest absolute Gasteiger partial charge is 0.464 e. The van der Waals surface area contributed by atoms with Gasteiger partial charge in [-0.1, -0.05) is 90.4 Å². The number of ether oxygens (including phenoxy) is 1. The van der Waals surface area contributed by atoms with Crippen LogP contribution in [-0.4, -0.2) is 24.5 Å². The molecule has 0 radical (unpaired) electrons. The van der Waals surface area contributed by atoms with Gasteiger partial charge in [-0.05, 0) is 26.2 Å². The molecule has 1 aliphatic rings. The van der Waals surface area contributed by atoms with Crippen LogP contribution in [0.3, 0.4) is 0 Å². The molecule has 0 aliphatic heterocycles. The predicted molar refractivity (Wildman–Crippen MR) is 112 cm³/mol. The van der Waals surface area contributed by atoms with Crippen LogP contribution in [0.1, 0.15) is 117 Å². The molecular formula is C23H43NO3. The van der Waals surface area contributed by atoms with Crippen molar-refractivity contribution in [2.45, 2.75) is 123 Å². The SMILES string of the molecule is CCCCCCCCCCCCCCCOC(=O)C(C)NC(=O)C1CCC1. The molecule has 0 aromatic rings. The normalized spacial score (nSPS) is 15.2. The van der Waals surface area contributed by atoms with E-state index < -0.39 is 6.04 Å². The van der Waals surface area contributed by atoms with Gasteiger partial charge >= 0.3 is 5.97 Å². The number of esters is 1. The summed E-state index contributed by atoms with van der Waals surface area (Å²) < 4.78 is 5.28. The molecule has 27 heavy (non-hydrogen) atoms. The maximum atomic E-state index is 11.9. The molecule has 0 aromatic heterocycles. The third kappa shape index (κ3) is 12.1. The summed E-state index contributed by atoms with van der Waals surface area (Å²) in [7, 11) is 0. The second kappa shape index (κ2) is 15.9. The Kier molecular flexibility index (Phi) is 14.2. The summed E-state index contributed by atoms with van der Waals surface area (Å²) in [5, 5.41) is 2.77. The fourth-order valence-corrected chi connectivity index (χ4v) is 3.48. The maximum absolute atomic E-state index is 11.9. The minimum atomic E-state index is -0.528. The third-order valence-corrected chi connectivity index (χ3v) is 5.68. The average molecular weight is 382 g/mol. The quantitative estimate of drug-likeness (QED) is 0.251. The van der Waals surface area contributed by atoms with Crippen LogP contribution in [0.2, 0.25) is 0 Å². The fourth-order valence-electron chi connectivity index (χ4n) is 3.48. The van der Waals surface area contributed by atoms with Gasteiger partial charge in [0.2, 0.25) is 5.91 Å². The number of carbonyl (C=O) groups excluding carboxylic acids is 2.